The van der Waals surface area contributed by atoms with Crippen molar-refractivity contribution in [1.29, 1.82) is 0 Å². The molecule has 0 aromatic heterocycles. The second kappa shape index (κ2) is 7.59. The number of aliphatic hydroxyl groups excluding tert-OH is 2. The number of carbonyl (C=O) groups is 1. The molecule has 1 amide bonds. The maximum atomic E-state index is 12.1. The van der Waals surface area contributed by atoms with E-state index in [0.717, 1.165) is 12.8 Å². The van der Waals surface area contributed by atoms with Crippen LogP contribution in [0.5, 0.6) is 0 Å². The lowest BCUT2D eigenvalue weighted by Crippen LogP contribution is -2.49. The Morgan fingerprint density at radius 1 is 1.00 bits per heavy atom. The van der Waals surface area contributed by atoms with E-state index in [4.69, 9.17) is 5.11 Å². The molecule has 0 rings (SSSR count). The van der Waals surface area contributed by atoms with Crippen LogP contribution < -0.4 is 5.32 Å². The zero-order valence-electron chi connectivity index (χ0n) is 14.9. The number of amides is 1. The predicted octanol–water partition coefficient (Wildman–Crippen LogP) is 2.87. The molecule has 1 unspecified atom stereocenters. The normalized spacial score (nSPS) is 14.9. The largest absolute Gasteiger partial charge is 0.396 e. The zero-order valence-corrected chi connectivity index (χ0v) is 14.9. The van der Waals surface area contributed by atoms with Crippen LogP contribution in [0.1, 0.15) is 74.1 Å². The van der Waals surface area contributed by atoms with Crippen molar-refractivity contribution in [2.24, 2.45) is 10.8 Å². The molecule has 0 bridgehead atoms. The SMILES string of the molecule is CC(C)(C)CCC(C)(C)CC(O)C(=O)NC(C)(C)CCO. The van der Waals surface area contributed by atoms with E-state index in [1.165, 1.54) is 0 Å². The Hall–Kier alpha value is -0.610. The monoisotopic (exact) mass is 301 g/mol. The lowest BCUT2D eigenvalue weighted by Gasteiger charge is -2.32. The van der Waals surface area contributed by atoms with Crippen molar-refractivity contribution in [1.82, 2.24) is 5.32 Å². The first-order valence-corrected chi connectivity index (χ1v) is 7.89. The van der Waals surface area contributed by atoms with Crippen LogP contribution in [0.3, 0.4) is 0 Å². The standard InChI is InChI=1S/C17H35NO3/c1-15(2,3)8-9-16(4,5)12-13(20)14(21)18-17(6,7)10-11-19/h13,19-20H,8-12H2,1-7H3,(H,18,21). The minimum atomic E-state index is -1.00. The van der Waals surface area contributed by atoms with E-state index in [1.54, 1.807) is 0 Å². The van der Waals surface area contributed by atoms with Gasteiger partial charge in [0.05, 0.1) is 0 Å². The molecule has 4 heteroatoms. The van der Waals surface area contributed by atoms with Gasteiger partial charge in [-0.1, -0.05) is 34.6 Å². The lowest BCUT2D eigenvalue weighted by molar-refractivity contribution is -0.132. The summed E-state index contributed by atoms with van der Waals surface area (Å²) in [5.41, 5.74) is -0.318. The van der Waals surface area contributed by atoms with Gasteiger partial charge >= 0.3 is 0 Å². The van der Waals surface area contributed by atoms with Gasteiger partial charge < -0.3 is 15.5 Å². The summed E-state index contributed by atoms with van der Waals surface area (Å²) in [5, 5.41) is 21.9. The highest BCUT2D eigenvalue weighted by atomic mass is 16.3. The summed E-state index contributed by atoms with van der Waals surface area (Å²) in [6.45, 7) is 14.5. The van der Waals surface area contributed by atoms with E-state index in [0.29, 0.717) is 12.8 Å². The van der Waals surface area contributed by atoms with Gasteiger partial charge in [-0.2, -0.15) is 0 Å². The molecule has 4 nitrogen and oxygen atoms in total. The molecule has 0 saturated carbocycles. The molecule has 0 aliphatic heterocycles. The van der Waals surface area contributed by atoms with Gasteiger partial charge in [-0.15, -0.1) is 0 Å². The summed E-state index contributed by atoms with van der Waals surface area (Å²) in [4.78, 5) is 12.1. The summed E-state index contributed by atoms with van der Waals surface area (Å²) in [5.74, 6) is -0.350. The summed E-state index contributed by atoms with van der Waals surface area (Å²) >= 11 is 0. The van der Waals surface area contributed by atoms with Gasteiger partial charge in [-0.3, -0.25) is 4.79 Å². The highest BCUT2D eigenvalue weighted by molar-refractivity contribution is 5.81. The summed E-state index contributed by atoms with van der Waals surface area (Å²) in [6.07, 6.45) is 1.95. The van der Waals surface area contributed by atoms with Crippen molar-refractivity contribution in [3.63, 3.8) is 0 Å². The van der Waals surface area contributed by atoms with Gasteiger partial charge in [-0.05, 0) is 50.4 Å². The van der Waals surface area contributed by atoms with E-state index in [9.17, 15) is 9.90 Å². The van der Waals surface area contributed by atoms with Crippen LogP contribution in [0.25, 0.3) is 0 Å². The molecule has 0 aromatic rings. The zero-order chi connectivity index (χ0) is 16.9. The van der Waals surface area contributed by atoms with Crippen molar-refractivity contribution in [2.75, 3.05) is 6.61 Å². The Labute approximate surface area is 130 Å². The van der Waals surface area contributed by atoms with Gasteiger partial charge in [0.2, 0.25) is 5.91 Å². The van der Waals surface area contributed by atoms with Crippen LogP contribution in [0, 0.1) is 10.8 Å². The van der Waals surface area contributed by atoms with Crippen LogP contribution in [0.15, 0.2) is 0 Å². The third-order valence-electron chi connectivity index (χ3n) is 3.80. The van der Waals surface area contributed by atoms with E-state index in [1.807, 2.05) is 13.8 Å². The van der Waals surface area contributed by atoms with Crippen LogP contribution in [-0.2, 0) is 4.79 Å². The average molecular weight is 301 g/mol. The number of hydrogen-bond acceptors (Lipinski definition) is 3. The van der Waals surface area contributed by atoms with Gasteiger partial charge in [0.15, 0.2) is 0 Å². The molecule has 21 heavy (non-hydrogen) atoms. The summed E-state index contributed by atoms with van der Waals surface area (Å²) < 4.78 is 0. The topological polar surface area (TPSA) is 69.6 Å². The number of aliphatic hydroxyl groups is 2. The van der Waals surface area contributed by atoms with Crippen molar-refractivity contribution in [3.8, 4) is 0 Å². The molecule has 0 spiro atoms. The highest BCUT2D eigenvalue weighted by Gasteiger charge is 2.30. The van der Waals surface area contributed by atoms with Gasteiger partial charge in [0, 0.05) is 12.1 Å². The lowest BCUT2D eigenvalue weighted by atomic mass is 9.77. The Bertz CT molecular complexity index is 329. The number of rotatable bonds is 8. The fourth-order valence-corrected chi connectivity index (χ4v) is 2.19. The Balaban J connectivity index is 4.45. The van der Waals surface area contributed by atoms with Crippen LogP contribution in [0.4, 0.5) is 0 Å². The number of carbonyl (C=O) groups excluding carboxylic acids is 1. The average Bonchev–Trinajstić information content (AvgIpc) is 2.24. The van der Waals surface area contributed by atoms with E-state index >= 15 is 0 Å². The fourth-order valence-electron chi connectivity index (χ4n) is 2.19. The molecule has 0 aliphatic rings. The van der Waals surface area contributed by atoms with E-state index in [2.05, 4.69) is 39.9 Å². The molecule has 0 fully saturated rings. The molecule has 0 radical (unpaired) electrons. The number of hydrogen-bond donors (Lipinski definition) is 3. The minimum Gasteiger partial charge on any atom is -0.396 e. The Morgan fingerprint density at radius 2 is 1.52 bits per heavy atom. The second-order valence-corrected chi connectivity index (χ2v) is 8.79. The first kappa shape index (κ1) is 20.4. The fraction of sp³-hybridized carbons (Fsp3) is 0.941. The third kappa shape index (κ3) is 9.86. The summed E-state index contributed by atoms with van der Waals surface area (Å²) in [7, 11) is 0. The highest BCUT2D eigenvalue weighted by Crippen LogP contribution is 2.33. The van der Waals surface area contributed by atoms with Crippen molar-refractivity contribution < 1.29 is 15.0 Å². The van der Waals surface area contributed by atoms with E-state index < -0.39 is 11.6 Å². The smallest absolute Gasteiger partial charge is 0.249 e. The molecule has 0 aliphatic carbocycles. The third-order valence-corrected chi connectivity index (χ3v) is 3.80. The predicted molar refractivity (Wildman–Crippen MR) is 87.0 cm³/mol. The molecule has 0 heterocycles. The second-order valence-electron chi connectivity index (χ2n) is 8.79. The van der Waals surface area contributed by atoms with Crippen molar-refractivity contribution in [2.45, 2.75) is 85.8 Å². The molecule has 0 aromatic carbocycles. The molecular weight excluding hydrogens is 266 g/mol. The maximum absolute atomic E-state index is 12.1. The van der Waals surface area contributed by atoms with Crippen molar-refractivity contribution in [3.05, 3.63) is 0 Å². The maximum Gasteiger partial charge on any atom is 0.249 e. The van der Waals surface area contributed by atoms with Crippen LogP contribution in [0.2, 0.25) is 0 Å². The Kier molecular flexibility index (Phi) is 7.37. The molecule has 0 saturated heterocycles. The first-order chi connectivity index (χ1) is 9.28. The molecule has 1 atom stereocenters. The number of nitrogens with one attached hydrogen (secondary N) is 1. The van der Waals surface area contributed by atoms with Gasteiger partial charge in [-0.25, -0.2) is 0 Å². The summed E-state index contributed by atoms with van der Waals surface area (Å²) in [6, 6.07) is 0. The molecule has 126 valence electrons. The van der Waals surface area contributed by atoms with Crippen LogP contribution in [-0.4, -0.2) is 34.4 Å². The van der Waals surface area contributed by atoms with E-state index in [-0.39, 0.29) is 23.3 Å². The van der Waals surface area contributed by atoms with Gasteiger partial charge in [0.1, 0.15) is 6.10 Å². The minimum absolute atomic E-state index is 0.0143. The quantitative estimate of drug-likeness (QED) is 0.645. The molecule has 3 N–H and O–H groups in total. The van der Waals surface area contributed by atoms with Crippen LogP contribution >= 0.6 is 0 Å². The molecular formula is C17H35NO3. The first-order valence-electron chi connectivity index (χ1n) is 7.89. The Morgan fingerprint density at radius 3 is 1.95 bits per heavy atom. The van der Waals surface area contributed by atoms with Gasteiger partial charge in [0.25, 0.3) is 0 Å². The van der Waals surface area contributed by atoms with Crippen molar-refractivity contribution >= 4 is 5.91 Å².